The predicted octanol–water partition coefficient (Wildman–Crippen LogP) is 1.16. The summed E-state index contributed by atoms with van der Waals surface area (Å²) in [5.41, 5.74) is 1.02. The molecule has 0 aliphatic carbocycles. The summed E-state index contributed by atoms with van der Waals surface area (Å²) in [5, 5.41) is 2.97. The van der Waals surface area contributed by atoms with E-state index in [1.165, 1.54) is 8.61 Å². The molecule has 1 spiro atoms. The molecule has 3 heterocycles. The molecule has 10 nitrogen and oxygen atoms in total. The number of carbonyl (C=O) groups excluding carboxylic acids is 1. The highest BCUT2D eigenvalue weighted by Gasteiger charge is 2.44. The predicted molar refractivity (Wildman–Crippen MR) is 125 cm³/mol. The minimum atomic E-state index is -3.63. The molecule has 3 aliphatic rings. The van der Waals surface area contributed by atoms with Gasteiger partial charge in [0.05, 0.1) is 33.4 Å². The summed E-state index contributed by atoms with van der Waals surface area (Å²) in [5.74, 6) is 0.224. The average Bonchev–Trinajstić information content (AvgIpc) is 3.31. The van der Waals surface area contributed by atoms with Crippen LogP contribution in [0.2, 0.25) is 0 Å². The second kappa shape index (κ2) is 10.8. The average molecular weight is 498 g/mol. The molecule has 0 radical (unpaired) electrons. The maximum absolute atomic E-state index is 13.2. The Hall–Kier alpha value is -1.92. The molecule has 1 N–H and O–H groups in total. The third-order valence-corrected chi connectivity index (χ3v) is 8.87. The van der Waals surface area contributed by atoms with Crippen LogP contribution in [0.3, 0.4) is 0 Å². The maximum Gasteiger partial charge on any atom is 0.282 e. The van der Waals surface area contributed by atoms with Crippen molar-refractivity contribution in [2.24, 2.45) is 5.92 Å². The van der Waals surface area contributed by atoms with Gasteiger partial charge >= 0.3 is 0 Å². The lowest BCUT2D eigenvalue weighted by molar-refractivity contribution is -0.179. The molecule has 4 rings (SSSR count). The molecular weight excluding hydrogens is 462 g/mol. The van der Waals surface area contributed by atoms with Crippen LogP contribution in [0.1, 0.15) is 31.2 Å². The van der Waals surface area contributed by atoms with E-state index in [0.29, 0.717) is 83.0 Å². The zero-order chi connectivity index (χ0) is 24.2. The van der Waals surface area contributed by atoms with Gasteiger partial charge < -0.3 is 24.3 Å². The van der Waals surface area contributed by atoms with Gasteiger partial charge in [-0.15, -0.1) is 0 Å². The van der Waals surface area contributed by atoms with E-state index < -0.39 is 16.0 Å². The quantitative estimate of drug-likeness (QED) is 0.574. The third-order valence-electron chi connectivity index (χ3n) is 6.87. The number of methoxy groups -OCH3 is 2. The molecule has 1 aromatic rings. The summed E-state index contributed by atoms with van der Waals surface area (Å²) in [6.45, 7) is 2.95. The van der Waals surface area contributed by atoms with Gasteiger partial charge in [0.15, 0.2) is 17.3 Å². The number of nitrogens with zero attached hydrogens (tertiary/aromatic N) is 2. The Morgan fingerprint density at radius 3 is 2.47 bits per heavy atom. The van der Waals surface area contributed by atoms with E-state index in [0.717, 1.165) is 5.56 Å². The van der Waals surface area contributed by atoms with Crippen LogP contribution in [-0.4, -0.2) is 88.9 Å². The van der Waals surface area contributed by atoms with E-state index >= 15 is 0 Å². The number of piperidine rings is 2. The van der Waals surface area contributed by atoms with Crippen molar-refractivity contribution >= 4 is 16.1 Å². The maximum atomic E-state index is 13.2. The van der Waals surface area contributed by atoms with E-state index in [-0.39, 0.29) is 18.4 Å². The number of nitrogens with one attached hydrogen (secondary N) is 1. The smallest absolute Gasteiger partial charge is 0.282 e. The van der Waals surface area contributed by atoms with Gasteiger partial charge in [-0.1, -0.05) is 6.07 Å². The Morgan fingerprint density at radius 2 is 1.79 bits per heavy atom. The van der Waals surface area contributed by atoms with E-state index in [1.54, 1.807) is 14.2 Å². The van der Waals surface area contributed by atoms with E-state index in [1.807, 2.05) is 18.2 Å². The van der Waals surface area contributed by atoms with Gasteiger partial charge in [0, 0.05) is 45.6 Å². The summed E-state index contributed by atoms with van der Waals surface area (Å²) in [6.07, 6.45) is 3.04. The number of hydrogen-bond donors (Lipinski definition) is 1. The lowest BCUT2D eigenvalue weighted by atomic mass is 9.99. The zero-order valence-electron chi connectivity index (χ0n) is 20.0. The first-order valence-electron chi connectivity index (χ1n) is 11.9. The van der Waals surface area contributed by atoms with Gasteiger partial charge in [-0.05, 0) is 37.0 Å². The number of ether oxygens (including phenoxy) is 4. The van der Waals surface area contributed by atoms with Crippen LogP contribution in [0.25, 0.3) is 0 Å². The van der Waals surface area contributed by atoms with Gasteiger partial charge in [0.2, 0.25) is 5.91 Å². The molecule has 1 atom stereocenters. The van der Waals surface area contributed by atoms with E-state index in [4.69, 9.17) is 18.9 Å². The van der Waals surface area contributed by atoms with Gasteiger partial charge in [-0.25, -0.2) is 0 Å². The van der Waals surface area contributed by atoms with Crippen molar-refractivity contribution in [3.8, 4) is 11.5 Å². The minimum Gasteiger partial charge on any atom is -0.493 e. The number of rotatable bonds is 8. The van der Waals surface area contributed by atoms with Gasteiger partial charge in [0.25, 0.3) is 10.2 Å². The highest BCUT2D eigenvalue weighted by atomic mass is 32.2. The SMILES string of the molecule is COc1ccc(CCNC(=O)[C@@H]2CCCN(S(=O)(=O)N3CCC4(CC3)OCCO4)C2)cc1OC. The number of amides is 1. The highest BCUT2D eigenvalue weighted by Crippen LogP contribution is 2.33. The molecule has 0 bridgehead atoms. The summed E-state index contributed by atoms with van der Waals surface area (Å²) in [6, 6.07) is 5.67. The van der Waals surface area contributed by atoms with E-state index in [9.17, 15) is 13.2 Å². The molecule has 11 heteroatoms. The van der Waals surface area contributed by atoms with Crippen LogP contribution >= 0.6 is 0 Å². The van der Waals surface area contributed by atoms with Crippen molar-refractivity contribution in [2.75, 3.05) is 60.2 Å². The summed E-state index contributed by atoms with van der Waals surface area (Å²) >= 11 is 0. The minimum absolute atomic E-state index is 0.106. The fraction of sp³-hybridized carbons (Fsp3) is 0.696. The molecule has 34 heavy (non-hydrogen) atoms. The summed E-state index contributed by atoms with van der Waals surface area (Å²) in [4.78, 5) is 12.8. The van der Waals surface area contributed by atoms with Crippen molar-refractivity contribution in [1.82, 2.24) is 13.9 Å². The van der Waals surface area contributed by atoms with Crippen molar-refractivity contribution in [1.29, 1.82) is 0 Å². The Morgan fingerprint density at radius 1 is 1.09 bits per heavy atom. The molecule has 0 unspecified atom stereocenters. The molecule has 190 valence electrons. The van der Waals surface area contributed by atoms with Crippen LogP contribution in [0.15, 0.2) is 18.2 Å². The lowest BCUT2D eigenvalue weighted by Gasteiger charge is -2.40. The van der Waals surface area contributed by atoms with Crippen LogP contribution < -0.4 is 14.8 Å². The van der Waals surface area contributed by atoms with Crippen LogP contribution in [0, 0.1) is 5.92 Å². The molecule has 3 fully saturated rings. The van der Waals surface area contributed by atoms with Crippen molar-refractivity contribution in [2.45, 2.75) is 37.9 Å². The fourth-order valence-corrected chi connectivity index (χ4v) is 6.58. The highest BCUT2D eigenvalue weighted by molar-refractivity contribution is 7.86. The summed E-state index contributed by atoms with van der Waals surface area (Å²) in [7, 11) is -0.449. The number of hydrogen-bond acceptors (Lipinski definition) is 7. The second-order valence-corrected chi connectivity index (χ2v) is 10.9. The molecule has 1 aromatic carbocycles. The third kappa shape index (κ3) is 5.49. The van der Waals surface area contributed by atoms with Crippen molar-refractivity contribution in [3.05, 3.63) is 23.8 Å². The van der Waals surface area contributed by atoms with Gasteiger partial charge in [-0.2, -0.15) is 17.0 Å². The first-order chi connectivity index (χ1) is 16.4. The normalized spacial score (nSPS) is 23.6. The van der Waals surface area contributed by atoms with Crippen molar-refractivity contribution in [3.63, 3.8) is 0 Å². The standard InChI is InChI=1S/C23H35N3O7S/c1-30-20-6-5-18(16-21(20)31-2)7-10-24-22(27)19-4-3-11-26(17-19)34(28,29)25-12-8-23(9-13-25)32-14-15-33-23/h5-6,16,19H,3-4,7-15,17H2,1-2H3,(H,24,27)/t19-/m1/s1. The monoisotopic (exact) mass is 497 g/mol. The fourth-order valence-electron chi connectivity index (χ4n) is 4.88. The Kier molecular flexibility index (Phi) is 7.98. The van der Waals surface area contributed by atoms with E-state index in [2.05, 4.69) is 5.32 Å². The van der Waals surface area contributed by atoms with Gasteiger partial charge in [0.1, 0.15) is 0 Å². The van der Waals surface area contributed by atoms with Crippen LogP contribution in [0.4, 0.5) is 0 Å². The molecular formula is C23H35N3O7S. The number of benzene rings is 1. The molecule has 0 saturated carbocycles. The largest absolute Gasteiger partial charge is 0.493 e. The van der Waals surface area contributed by atoms with Gasteiger partial charge in [-0.3, -0.25) is 4.79 Å². The topological polar surface area (TPSA) is 107 Å². The number of carbonyl (C=O) groups is 1. The second-order valence-electron chi connectivity index (χ2n) is 8.94. The summed E-state index contributed by atoms with van der Waals surface area (Å²) < 4.78 is 51.4. The van der Waals surface area contributed by atoms with Crippen molar-refractivity contribution < 1.29 is 32.2 Å². The molecule has 3 aliphatic heterocycles. The van der Waals surface area contributed by atoms with Crippen LogP contribution in [-0.2, 0) is 30.9 Å². The molecule has 1 amide bonds. The Labute approximate surface area is 201 Å². The zero-order valence-corrected chi connectivity index (χ0v) is 20.8. The van der Waals surface area contributed by atoms with Crippen LogP contribution in [0.5, 0.6) is 11.5 Å². The lowest BCUT2D eigenvalue weighted by Crippen LogP contribution is -2.54. The Bertz CT molecular complexity index is 955. The Balaban J connectivity index is 1.28. The molecule has 3 saturated heterocycles. The first kappa shape index (κ1) is 25.2. The first-order valence-corrected chi connectivity index (χ1v) is 13.3. The molecule has 0 aromatic heterocycles.